The third kappa shape index (κ3) is 2.78. The lowest BCUT2D eigenvalue weighted by molar-refractivity contribution is -0.136. The van der Waals surface area contributed by atoms with Crippen LogP contribution in [0, 0.1) is 0 Å². The lowest BCUT2D eigenvalue weighted by atomic mass is 9.95. The average molecular weight is 329 g/mol. The zero-order valence-electron chi connectivity index (χ0n) is 13.6. The Balaban J connectivity index is 1.80. The van der Waals surface area contributed by atoms with Gasteiger partial charge >= 0.3 is 5.97 Å². The maximum absolute atomic E-state index is 12.2. The molecule has 1 aliphatic rings. The Morgan fingerprint density at radius 3 is 2.52 bits per heavy atom. The van der Waals surface area contributed by atoms with Crippen LogP contribution in [0.25, 0.3) is 16.8 Å². The van der Waals surface area contributed by atoms with Crippen molar-refractivity contribution < 1.29 is 14.4 Å². The van der Waals surface area contributed by atoms with Crippen LogP contribution in [-0.4, -0.2) is 18.8 Å². The van der Waals surface area contributed by atoms with Crippen molar-refractivity contribution in [3.8, 4) is 5.75 Å². The number of rotatable bonds is 3. The first-order valence-corrected chi connectivity index (χ1v) is 7.90. The fraction of sp³-hybridized carbons (Fsp3) is 0.0476. The minimum absolute atomic E-state index is 0.446. The number of ether oxygens (including phenoxy) is 1. The Morgan fingerprint density at radius 2 is 1.72 bits per heavy atom. The molecule has 0 saturated heterocycles. The third-order valence-electron chi connectivity index (χ3n) is 4.17. The van der Waals surface area contributed by atoms with E-state index in [2.05, 4.69) is 5.16 Å². The molecule has 122 valence electrons. The molecule has 1 aliphatic heterocycles. The van der Waals surface area contributed by atoms with Crippen LogP contribution in [-0.2, 0) is 9.63 Å². The Morgan fingerprint density at radius 1 is 0.960 bits per heavy atom. The van der Waals surface area contributed by atoms with Gasteiger partial charge in [-0.05, 0) is 34.5 Å². The minimum Gasteiger partial charge on any atom is -0.497 e. The molecule has 0 bridgehead atoms. The number of hydrogen-bond donors (Lipinski definition) is 0. The highest BCUT2D eigenvalue weighted by molar-refractivity contribution is 6.33. The van der Waals surface area contributed by atoms with Gasteiger partial charge in [-0.1, -0.05) is 59.8 Å². The summed E-state index contributed by atoms with van der Waals surface area (Å²) in [7, 11) is 1.62. The van der Waals surface area contributed by atoms with E-state index in [1.165, 1.54) is 0 Å². The van der Waals surface area contributed by atoms with Gasteiger partial charge in [-0.25, -0.2) is 4.79 Å². The van der Waals surface area contributed by atoms with Crippen LogP contribution in [0.2, 0.25) is 0 Å². The standard InChI is InChI=1S/C21H15NO3/c1-24-16-11-9-14(10-12-16)13-19-20(22-25-21(19)23)18-8-4-6-15-5-2-3-7-17(15)18/h2-13H,1H3. The highest BCUT2D eigenvalue weighted by Crippen LogP contribution is 2.26. The van der Waals surface area contributed by atoms with Crippen LogP contribution in [0.1, 0.15) is 11.1 Å². The smallest absolute Gasteiger partial charge is 0.368 e. The molecular weight excluding hydrogens is 314 g/mol. The monoisotopic (exact) mass is 329 g/mol. The molecule has 4 nitrogen and oxygen atoms in total. The predicted molar refractivity (Wildman–Crippen MR) is 97.5 cm³/mol. The van der Waals surface area contributed by atoms with E-state index in [0.717, 1.165) is 27.6 Å². The van der Waals surface area contributed by atoms with Gasteiger partial charge in [0.05, 0.1) is 12.7 Å². The molecule has 4 rings (SSSR count). The van der Waals surface area contributed by atoms with Crippen LogP contribution < -0.4 is 4.74 Å². The lowest BCUT2D eigenvalue weighted by Gasteiger charge is -2.06. The van der Waals surface area contributed by atoms with Crippen molar-refractivity contribution in [3.63, 3.8) is 0 Å². The number of benzene rings is 3. The summed E-state index contributed by atoms with van der Waals surface area (Å²) < 4.78 is 5.16. The molecule has 0 unspecified atom stereocenters. The molecule has 0 radical (unpaired) electrons. The number of nitrogens with zero attached hydrogens (tertiary/aromatic N) is 1. The summed E-state index contributed by atoms with van der Waals surface area (Å²) in [5.74, 6) is 0.317. The summed E-state index contributed by atoms with van der Waals surface area (Å²) in [6.07, 6.45) is 1.79. The second-order valence-corrected chi connectivity index (χ2v) is 5.68. The maximum atomic E-state index is 12.2. The largest absolute Gasteiger partial charge is 0.497 e. The van der Waals surface area contributed by atoms with E-state index in [1.54, 1.807) is 13.2 Å². The highest BCUT2D eigenvalue weighted by atomic mass is 16.7. The summed E-state index contributed by atoms with van der Waals surface area (Å²) in [4.78, 5) is 17.1. The van der Waals surface area contributed by atoms with Crippen LogP contribution in [0.4, 0.5) is 0 Å². The molecule has 3 aromatic rings. The second-order valence-electron chi connectivity index (χ2n) is 5.68. The summed E-state index contributed by atoms with van der Waals surface area (Å²) in [6.45, 7) is 0. The first-order valence-electron chi connectivity index (χ1n) is 7.90. The van der Waals surface area contributed by atoms with Crippen molar-refractivity contribution in [2.75, 3.05) is 7.11 Å². The number of oxime groups is 1. The molecule has 0 spiro atoms. The second kappa shape index (κ2) is 6.24. The van der Waals surface area contributed by atoms with Crippen molar-refractivity contribution in [2.24, 2.45) is 5.16 Å². The lowest BCUT2D eigenvalue weighted by Crippen LogP contribution is -2.07. The molecule has 1 heterocycles. The van der Waals surface area contributed by atoms with Crippen LogP contribution in [0.15, 0.2) is 77.5 Å². The zero-order valence-corrected chi connectivity index (χ0v) is 13.6. The zero-order chi connectivity index (χ0) is 17.2. The predicted octanol–water partition coefficient (Wildman–Crippen LogP) is 4.19. The van der Waals surface area contributed by atoms with E-state index < -0.39 is 5.97 Å². The van der Waals surface area contributed by atoms with Crippen LogP contribution in [0.3, 0.4) is 0 Å². The molecule has 0 N–H and O–H groups in total. The average Bonchev–Trinajstić information content (AvgIpc) is 3.02. The molecule has 0 aliphatic carbocycles. The van der Waals surface area contributed by atoms with Gasteiger partial charge < -0.3 is 9.57 Å². The van der Waals surface area contributed by atoms with Gasteiger partial charge in [0.15, 0.2) is 0 Å². The van der Waals surface area contributed by atoms with E-state index in [-0.39, 0.29) is 0 Å². The molecular formula is C21H15NO3. The molecule has 4 heteroatoms. The fourth-order valence-corrected chi connectivity index (χ4v) is 2.90. The van der Waals surface area contributed by atoms with Crippen LogP contribution in [0.5, 0.6) is 5.75 Å². The van der Waals surface area contributed by atoms with Gasteiger partial charge in [-0.15, -0.1) is 0 Å². The Bertz CT molecular complexity index is 1010. The highest BCUT2D eigenvalue weighted by Gasteiger charge is 2.27. The molecule has 0 amide bonds. The Labute approximate surface area is 145 Å². The van der Waals surface area contributed by atoms with Gasteiger partial charge in [0.1, 0.15) is 11.5 Å². The normalized spacial score (nSPS) is 15.3. The van der Waals surface area contributed by atoms with Crippen molar-refractivity contribution in [2.45, 2.75) is 0 Å². The number of methoxy groups -OCH3 is 1. The van der Waals surface area contributed by atoms with E-state index >= 15 is 0 Å². The van der Waals surface area contributed by atoms with Gasteiger partial charge in [0.25, 0.3) is 0 Å². The van der Waals surface area contributed by atoms with Gasteiger partial charge in [-0.2, -0.15) is 0 Å². The minimum atomic E-state index is -0.446. The van der Waals surface area contributed by atoms with E-state index in [0.29, 0.717) is 11.3 Å². The maximum Gasteiger partial charge on any atom is 0.368 e. The topological polar surface area (TPSA) is 47.9 Å². The molecule has 0 fully saturated rings. The summed E-state index contributed by atoms with van der Waals surface area (Å²) in [5.41, 5.74) is 2.76. The molecule has 0 atom stereocenters. The number of fused-ring (bicyclic) bond motifs is 1. The quantitative estimate of drug-likeness (QED) is 0.535. The Kier molecular flexibility index (Phi) is 3.78. The molecule has 25 heavy (non-hydrogen) atoms. The van der Waals surface area contributed by atoms with Crippen molar-refractivity contribution in [1.29, 1.82) is 0 Å². The van der Waals surface area contributed by atoms with Gasteiger partial charge in [0, 0.05) is 5.56 Å². The third-order valence-corrected chi connectivity index (χ3v) is 4.17. The van der Waals surface area contributed by atoms with Gasteiger partial charge in [-0.3, -0.25) is 0 Å². The summed E-state index contributed by atoms with van der Waals surface area (Å²) in [5, 5.41) is 6.14. The SMILES string of the molecule is COc1ccc(C=C2C(=O)ON=C2c2cccc3ccccc23)cc1. The van der Waals surface area contributed by atoms with E-state index in [1.807, 2.05) is 66.7 Å². The molecule has 0 saturated carbocycles. The first-order chi connectivity index (χ1) is 12.3. The van der Waals surface area contributed by atoms with Gasteiger partial charge in [0.2, 0.25) is 0 Å². The summed E-state index contributed by atoms with van der Waals surface area (Å²) >= 11 is 0. The fourth-order valence-electron chi connectivity index (χ4n) is 2.90. The van der Waals surface area contributed by atoms with Crippen molar-refractivity contribution in [1.82, 2.24) is 0 Å². The Hall–Kier alpha value is -3.40. The number of carbonyl (C=O) groups excluding carboxylic acids is 1. The van der Waals surface area contributed by atoms with Crippen LogP contribution >= 0.6 is 0 Å². The number of carbonyl (C=O) groups is 1. The number of hydrogen-bond acceptors (Lipinski definition) is 4. The molecule has 3 aromatic carbocycles. The van der Waals surface area contributed by atoms with Crippen molar-refractivity contribution in [3.05, 3.63) is 83.4 Å². The summed E-state index contributed by atoms with van der Waals surface area (Å²) in [6, 6.07) is 21.4. The van der Waals surface area contributed by atoms with E-state index in [9.17, 15) is 4.79 Å². The first kappa shape index (κ1) is 15.1. The van der Waals surface area contributed by atoms with E-state index in [4.69, 9.17) is 9.57 Å². The van der Waals surface area contributed by atoms with Crippen molar-refractivity contribution >= 4 is 28.5 Å². The molecule has 0 aromatic heterocycles.